The summed E-state index contributed by atoms with van der Waals surface area (Å²) in [7, 11) is 3.31. The average Bonchev–Trinajstić information content (AvgIpc) is 2.57. The number of aromatic hydroxyl groups is 1. The lowest BCUT2D eigenvalue weighted by atomic mass is 9.98. The van der Waals surface area contributed by atoms with Crippen LogP contribution in [0.1, 0.15) is 17.9 Å². The van der Waals surface area contributed by atoms with Crippen molar-refractivity contribution in [3.8, 4) is 5.75 Å². The number of anilines is 1. The van der Waals surface area contributed by atoms with Gasteiger partial charge < -0.3 is 14.7 Å². The molecular weight excluding hydrogens is 206 g/mol. The number of benzene rings is 1. The molecule has 0 radical (unpaired) electrons. The van der Waals surface area contributed by atoms with E-state index >= 15 is 0 Å². The van der Waals surface area contributed by atoms with Crippen molar-refractivity contribution < 1.29 is 14.6 Å². The topological polar surface area (TPSA) is 49.8 Å². The number of carbonyl (C=O) groups excluding carboxylic acids is 1. The number of hydrogen-bond acceptors (Lipinski definition) is 4. The van der Waals surface area contributed by atoms with E-state index in [9.17, 15) is 9.90 Å². The van der Waals surface area contributed by atoms with Gasteiger partial charge in [-0.3, -0.25) is 4.79 Å². The summed E-state index contributed by atoms with van der Waals surface area (Å²) in [6, 6.07) is 5.42. The van der Waals surface area contributed by atoms with Gasteiger partial charge in [-0.05, 0) is 11.6 Å². The van der Waals surface area contributed by atoms with Crippen molar-refractivity contribution in [3.63, 3.8) is 0 Å². The molecule has 0 saturated heterocycles. The largest absolute Gasteiger partial charge is 0.506 e. The monoisotopic (exact) mass is 221 g/mol. The van der Waals surface area contributed by atoms with Crippen LogP contribution in [0.4, 0.5) is 5.69 Å². The van der Waals surface area contributed by atoms with Crippen molar-refractivity contribution in [1.29, 1.82) is 0 Å². The number of rotatable bonds is 2. The zero-order valence-electron chi connectivity index (χ0n) is 9.43. The number of ether oxygens (including phenoxy) is 1. The first-order chi connectivity index (χ1) is 7.63. The van der Waals surface area contributed by atoms with Gasteiger partial charge in [0.15, 0.2) is 0 Å². The van der Waals surface area contributed by atoms with Crippen LogP contribution in [0.2, 0.25) is 0 Å². The second-order valence-corrected chi connectivity index (χ2v) is 4.07. The SMILES string of the molecule is COC(=O)CC1CN(C)c2c(O)cccc21. The van der Waals surface area contributed by atoms with E-state index < -0.39 is 0 Å². The van der Waals surface area contributed by atoms with Gasteiger partial charge in [-0.1, -0.05) is 12.1 Å². The molecule has 1 N–H and O–H groups in total. The number of carbonyl (C=O) groups is 1. The zero-order chi connectivity index (χ0) is 11.7. The predicted octanol–water partition coefficient (Wildman–Crippen LogP) is 1.49. The number of likely N-dealkylation sites (N-methyl/N-ethyl adjacent to an activating group) is 1. The van der Waals surface area contributed by atoms with Crippen molar-refractivity contribution in [3.05, 3.63) is 23.8 Å². The molecule has 1 aromatic rings. The van der Waals surface area contributed by atoms with Gasteiger partial charge in [0.05, 0.1) is 19.2 Å². The highest BCUT2D eigenvalue weighted by molar-refractivity contribution is 5.74. The van der Waals surface area contributed by atoms with Crippen LogP contribution in [0.5, 0.6) is 5.75 Å². The van der Waals surface area contributed by atoms with Crippen LogP contribution in [0, 0.1) is 0 Å². The van der Waals surface area contributed by atoms with Gasteiger partial charge in [-0.15, -0.1) is 0 Å². The second-order valence-electron chi connectivity index (χ2n) is 4.07. The number of para-hydroxylation sites is 1. The minimum Gasteiger partial charge on any atom is -0.506 e. The number of nitrogens with zero attached hydrogens (tertiary/aromatic N) is 1. The summed E-state index contributed by atoms with van der Waals surface area (Å²) in [5, 5.41) is 9.75. The van der Waals surface area contributed by atoms with Crippen molar-refractivity contribution in [1.82, 2.24) is 0 Å². The molecule has 0 saturated carbocycles. The first-order valence-corrected chi connectivity index (χ1v) is 5.23. The lowest BCUT2D eigenvalue weighted by Crippen LogP contribution is -2.17. The number of esters is 1. The molecule has 86 valence electrons. The Labute approximate surface area is 94.4 Å². The number of phenolic OH excluding ortho intramolecular Hbond substituents is 1. The molecule has 1 unspecified atom stereocenters. The Morgan fingerprint density at radius 1 is 1.62 bits per heavy atom. The van der Waals surface area contributed by atoms with Gasteiger partial charge >= 0.3 is 5.97 Å². The fourth-order valence-corrected chi connectivity index (χ4v) is 2.27. The smallest absolute Gasteiger partial charge is 0.306 e. The van der Waals surface area contributed by atoms with E-state index in [4.69, 9.17) is 0 Å². The summed E-state index contributed by atoms with van der Waals surface area (Å²) < 4.78 is 4.67. The fourth-order valence-electron chi connectivity index (χ4n) is 2.27. The Hall–Kier alpha value is -1.71. The molecule has 16 heavy (non-hydrogen) atoms. The minimum atomic E-state index is -0.213. The molecule has 0 spiro atoms. The van der Waals surface area contributed by atoms with Gasteiger partial charge in [-0.2, -0.15) is 0 Å². The molecule has 1 aliphatic rings. The maximum atomic E-state index is 11.3. The van der Waals surface area contributed by atoms with Gasteiger partial charge in [-0.25, -0.2) is 0 Å². The van der Waals surface area contributed by atoms with E-state index in [0.29, 0.717) is 6.42 Å². The maximum absolute atomic E-state index is 11.3. The third-order valence-corrected chi connectivity index (χ3v) is 3.00. The van der Waals surface area contributed by atoms with E-state index in [1.807, 2.05) is 18.0 Å². The zero-order valence-corrected chi connectivity index (χ0v) is 9.43. The minimum absolute atomic E-state index is 0.111. The summed E-state index contributed by atoms with van der Waals surface area (Å²) in [6.07, 6.45) is 0.358. The molecule has 0 fully saturated rings. The highest BCUT2D eigenvalue weighted by atomic mass is 16.5. The predicted molar refractivity (Wildman–Crippen MR) is 60.8 cm³/mol. The second kappa shape index (κ2) is 4.04. The summed E-state index contributed by atoms with van der Waals surface area (Å²) in [6.45, 7) is 0.738. The van der Waals surface area contributed by atoms with Crippen LogP contribution >= 0.6 is 0 Å². The van der Waals surface area contributed by atoms with Gasteiger partial charge in [0.25, 0.3) is 0 Å². The highest BCUT2D eigenvalue weighted by Gasteiger charge is 2.30. The standard InChI is InChI=1S/C12H15NO3/c1-13-7-8(6-11(15)16-2)9-4-3-5-10(14)12(9)13/h3-5,8,14H,6-7H2,1-2H3. The molecule has 2 rings (SSSR count). The molecular formula is C12H15NO3. The Kier molecular flexibility index (Phi) is 2.73. The maximum Gasteiger partial charge on any atom is 0.306 e. The molecule has 0 aromatic heterocycles. The molecule has 4 heteroatoms. The van der Waals surface area contributed by atoms with Gasteiger partial charge in [0.2, 0.25) is 0 Å². The molecule has 4 nitrogen and oxygen atoms in total. The summed E-state index contributed by atoms with van der Waals surface area (Å²) in [5.74, 6) is 0.168. The average molecular weight is 221 g/mol. The number of phenols is 1. The van der Waals surface area contributed by atoms with Crippen LogP contribution in [-0.4, -0.2) is 31.8 Å². The van der Waals surface area contributed by atoms with Crippen LogP contribution in [-0.2, 0) is 9.53 Å². The molecule has 0 aliphatic carbocycles. The van der Waals surface area contributed by atoms with Crippen LogP contribution in [0.3, 0.4) is 0 Å². The van der Waals surface area contributed by atoms with E-state index in [2.05, 4.69) is 4.74 Å². The Morgan fingerprint density at radius 2 is 2.38 bits per heavy atom. The van der Waals surface area contributed by atoms with Crippen LogP contribution in [0.15, 0.2) is 18.2 Å². The number of fused-ring (bicyclic) bond motifs is 1. The third-order valence-electron chi connectivity index (χ3n) is 3.00. The highest BCUT2D eigenvalue weighted by Crippen LogP contribution is 2.42. The van der Waals surface area contributed by atoms with Gasteiger partial charge in [0.1, 0.15) is 5.75 Å². The number of hydrogen-bond donors (Lipinski definition) is 1. The van der Waals surface area contributed by atoms with E-state index in [1.165, 1.54) is 7.11 Å². The lowest BCUT2D eigenvalue weighted by molar-refractivity contribution is -0.140. The van der Waals surface area contributed by atoms with Crippen molar-refractivity contribution in [2.24, 2.45) is 0 Å². The normalized spacial score (nSPS) is 18.4. The molecule has 1 aromatic carbocycles. The van der Waals surface area contributed by atoms with Crippen LogP contribution < -0.4 is 4.90 Å². The Balaban J connectivity index is 2.29. The number of methoxy groups -OCH3 is 1. The fraction of sp³-hybridized carbons (Fsp3) is 0.417. The van der Waals surface area contributed by atoms with E-state index in [-0.39, 0.29) is 17.6 Å². The van der Waals surface area contributed by atoms with E-state index in [0.717, 1.165) is 17.8 Å². The Bertz CT molecular complexity index is 417. The quantitative estimate of drug-likeness (QED) is 0.769. The molecule has 1 aliphatic heterocycles. The van der Waals surface area contributed by atoms with Crippen molar-refractivity contribution in [2.45, 2.75) is 12.3 Å². The molecule has 1 heterocycles. The van der Waals surface area contributed by atoms with Crippen LogP contribution in [0.25, 0.3) is 0 Å². The lowest BCUT2D eigenvalue weighted by Gasteiger charge is -2.13. The molecule has 0 amide bonds. The first-order valence-electron chi connectivity index (χ1n) is 5.23. The summed E-state index contributed by atoms with van der Waals surface area (Å²) >= 11 is 0. The van der Waals surface area contributed by atoms with Crippen molar-refractivity contribution in [2.75, 3.05) is 25.6 Å². The van der Waals surface area contributed by atoms with E-state index in [1.54, 1.807) is 12.1 Å². The molecule has 1 atom stereocenters. The third kappa shape index (κ3) is 1.71. The molecule has 0 bridgehead atoms. The first kappa shape index (κ1) is 10.8. The van der Waals surface area contributed by atoms with Crippen molar-refractivity contribution >= 4 is 11.7 Å². The summed E-state index contributed by atoms with van der Waals surface area (Å²) in [4.78, 5) is 13.2. The Morgan fingerprint density at radius 3 is 3.06 bits per heavy atom. The summed E-state index contributed by atoms with van der Waals surface area (Å²) in [5.41, 5.74) is 1.85. The van der Waals surface area contributed by atoms with Gasteiger partial charge in [0, 0.05) is 19.5 Å².